The largest absolute Gasteiger partial charge is 0.504 e. The van der Waals surface area contributed by atoms with E-state index in [-0.39, 0.29) is 106 Å². The SMILES string of the molecule is C/C=C(\C)c1ccc(O)c(=O)cc1.C/C=C/Cc1ccc(O)c(=O)cc1.C/C=C\Cc1ccc(O)c(=O)cc1.C=C(CC)c1ccc(O)c(=O)cc1.C=C/C=C/c1ccc(O)c(=O)cc1.C=CC(=C)c1ccc(O)c(=O)cc1.C=CCCc1ccc(O)c(=O)cc1.CC(C)=Cc1ccc(O)c(=O)cc1.O=c1ccc(C2=CCC2)ccc1O.O=c1ccc(C2C=CC2)ccc1O. The number of allylic oxidation sites excluding steroid dienone is 17. The van der Waals surface area contributed by atoms with Gasteiger partial charge in [0.15, 0.2) is 57.5 Å². The highest BCUT2D eigenvalue weighted by molar-refractivity contribution is 5.71. The van der Waals surface area contributed by atoms with E-state index in [1.165, 1.54) is 127 Å². The fourth-order valence-corrected chi connectivity index (χ4v) is 10.4. The first-order valence-electron chi connectivity index (χ1n) is 41.1. The summed E-state index contributed by atoms with van der Waals surface area (Å²) in [5, 5.41) is 91.1. The van der Waals surface area contributed by atoms with Gasteiger partial charge in [-0.15, -0.1) is 6.58 Å². The number of hydrogen-bond acceptors (Lipinski definition) is 20. The van der Waals surface area contributed by atoms with E-state index < -0.39 is 5.43 Å². The molecule has 672 valence electrons. The number of aromatic hydroxyl groups is 10. The van der Waals surface area contributed by atoms with Crippen LogP contribution in [0.2, 0.25) is 0 Å². The van der Waals surface area contributed by atoms with Crippen molar-refractivity contribution >= 4 is 34.4 Å². The third-order valence-corrected chi connectivity index (χ3v) is 18.6. The third-order valence-electron chi connectivity index (χ3n) is 18.6. The van der Waals surface area contributed by atoms with Crippen molar-refractivity contribution < 1.29 is 51.1 Å². The molecule has 1 unspecified atom stereocenters. The lowest BCUT2D eigenvalue weighted by Crippen LogP contribution is -1.99. The van der Waals surface area contributed by atoms with Gasteiger partial charge in [-0.2, -0.15) is 0 Å². The van der Waals surface area contributed by atoms with Gasteiger partial charge in [-0.3, -0.25) is 47.9 Å². The molecule has 2 aliphatic carbocycles. The molecule has 0 spiro atoms. The summed E-state index contributed by atoms with van der Waals surface area (Å²) in [6.45, 7) is 32.0. The summed E-state index contributed by atoms with van der Waals surface area (Å²) in [7, 11) is 0. The van der Waals surface area contributed by atoms with Crippen LogP contribution in [0.25, 0.3) is 34.4 Å². The van der Waals surface area contributed by atoms with E-state index in [0.717, 1.165) is 129 Å². The molecule has 10 aromatic carbocycles. The van der Waals surface area contributed by atoms with Crippen molar-refractivity contribution in [1.29, 1.82) is 0 Å². The van der Waals surface area contributed by atoms with Crippen LogP contribution in [0.15, 0.2) is 402 Å². The average molecular weight is 1750 g/mol. The zero-order chi connectivity index (χ0) is 96.6. The molecule has 2 aliphatic rings. The van der Waals surface area contributed by atoms with Crippen molar-refractivity contribution in [3.63, 3.8) is 0 Å². The molecule has 0 saturated carbocycles. The summed E-state index contributed by atoms with van der Waals surface area (Å²) in [5.41, 5.74) is 11.2. The summed E-state index contributed by atoms with van der Waals surface area (Å²) in [6, 6.07) is 62.1. The molecular formula is C110H112O20. The lowest BCUT2D eigenvalue weighted by molar-refractivity contribution is 0.470. The highest BCUT2D eigenvalue weighted by Gasteiger charge is 2.12. The van der Waals surface area contributed by atoms with E-state index in [9.17, 15) is 47.9 Å². The first-order chi connectivity index (χ1) is 62.0. The van der Waals surface area contributed by atoms with E-state index in [1.807, 2.05) is 91.0 Å². The molecule has 0 radical (unpaired) electrons. The quantitative estimate of drug-likeness (QED) is 0.0299. The predicted octanol–water partition coefficient (Wildman–Crippen LogP) is 19.8. The molecule has 0 fully saturated rings. The van der Waals surface area contributed by atoms with Crippen LogP contribution in [0.3, 0.4) is 0 Å². The Balaban J connectivity index is 0.000000372. The Morgan fingerprint density at radius 2 is 0.708 bits per heavy atom. The maximum atomic E-state index is 11.0. The zero-order valence-corrected chi connectivity index (χ0v) is 74.0. The third kappa shape index (κ3) is 41.5. The number of aryl methyl sites for hydroxylation is 1. The smallest absolute Gasteiger partial charge is 0.220 e. The minimum atomic E-state index is -0.400. The second kappa shape index (κ2) is 59.6. The molecule has 12 rings (SSSR count). The van der Waals surface area contributed by atoms with Crippen molar-refractivity contribution in [2.24, 2.45) is 0 Å². The first kappa shape index (κ1) is 108. The molecule has 0 saturated heterocycles. The van der Waals surface area contributed by atoms with Crippen molar-refractivity contribution in [2.45, 2.75) is 106 Å². The van der Waals surface area contributed by atoms with Crippen molar-refractivity contribution in [3.8, 4) is 57.5 Å². The molecule has 20 heteroatoms. The lowest BCUT2D eigenvalue weighted by atomic mass is 9.89. The molecule has 10 aromatic rings. The van der Waals surface area contributed by atoms with Crippen LogP contribution in [0.5, 0.6) is 57.5 Å². The predicted molar refractivity (Wildman–Crippen MR) is 529 cm³/mol. The van der Waals surface area contributed by atoms with Gasteiger partial charge in [0.2, 0.25) is 54.3 Å². The molecule has 0 heterocycles. The minimum Gasteiger partial charge on any atom is -0.504 e. The van der Waals surface area contributed by atoms with Crippen LogP contribution in [0, 0.1) is 0 Å². The summed E-state index contributed by atoms with van der Waals surface area (Å²) >= 11 is 0. The molecule has 1 atom stereocenters. The zero-order valence-electron chi connectivity index (χ0n) is 74.0. The van der Waals surface area contributed by atoms with Gasteiger partial charge in [-0.25, -0.2) is 0 Å². The van der Waals surface area contributed by atoms with Gasteiger partial charge >= 0.3 is 0 Å². The normalized spacial score (nSPS) is 11.5. The Hall–Kier alpha value is -16.2. The standard InChI is InChI=1S/2C11H10O2.3C11H12O2.C11H10O2.3C11H12O2.C11H10O2/c2*12-10-6-4-9(5-7-11(10)13)8-2-1-3-8;1-8(2)7-9-3-5-10(12)11(13)6-4-9;3*1-3-8(2)9-4-6-10(12)11(13)7-5-9;4*1-2-3-4-9-5-7-10(12)11(13)8-6-9/h2,4-7H,1,3H2,(H,12,13);1-2,4-8H,3H2,(H,12,13);2*3-7H,1-2H3,(H,12,13);4-7H,2-3H2,1H3,(H,12,13);3-7H,1-2H2,(H,12,13);2*2-3,5-8H,4H2,1H3,(H,12,13);2,5-8H,1,3-4H2,(H,12,13);2-8H,1H2,(H,12,13)/b;;;8-3+;;;3-2+;3-2-;;4-3+. The van der Waals surface area contributed by atoms with Gasteiger partial charge in [0.25, 0.3) is 0 Å². The van der Waals surface area contributed by atoms with Gasteiger partial charge in [-0.1, -0.05) is 245 Å². The Labute approximate surface area is 756 Å². The topological polar surface area (TPSA) is 373 Å². The second-order valence-electron chi connectivity index (χ2n) is 28.6. The molecule has 0 aromatic heterocycles. The molecule has 10 N–H and O–H groups in total. The van der Waals surface area contributed by atoms with Crippen molar-refractivity contribution in [1.82, 2.24) is 0 Å². The highest BCUT2D eigenvalue weighted by atomic mass is 16.3. The van der Waals surface area contributed by atoms with E-state index in [0.29, 0.717) is 5.92 Å². The maximum Gasteiger partial charge on any atom is 0.220 e. The van der Waals surface area contributed by atoms with E-state index in [4.69, 9.17) is 51.1 Å². The molecule has 0 amide bonds. The van der Waals surface area contributed by atoms with Gasteiger partial charge in [-0.05, 0) is 292 Å². The Morgan fingerprint density at radius 1 is 0.392 bits per heavy atom. The van der Waals surface area contributed by atoms with Crippen LogP contribution in [0.1, 0.15) is 142 Å². The number of rotatable bonds is 17. The van der Waals surface area contributed by atoms with Crippen LogP contribution in [-0.4, -0.2) is 51.1 Å². The van der Waals surface area contributed by atoms with Crippen molar-refractivity contribution in [3.05, 3.63) is 512 Å². The lowest BCUT2D eigenvalue weighted by Gasteiger charge is -2.16. The first-order valence-corrected chi connectivity index (χ1v) is 41.1. The van der Waals surface area contributed by atoms with Gasteiger partial charge in [0.05, 0.1) is 0 Å². The van der Waals surface area contributed by atoms with Crippen LogP contribution < -0.4 is 54.3 Å². The van der Waals surface area contributed by atoms with Gasteiger partial charge in [0, 0.05) is 5.92 Å². The minimum absolute atomic E-state index is 0.186. The van der Waals surface area contributed by atoms with Gasteiger partial charge in [0.1, 0.15) is 0 Å². The monoisotopic (exact) mass is 1750 g/mol. The van der Waals surface area contributed by atoms with Crippen LogP contribution in [-0.2, 0) is 19.3 Å². The van der Waals surface area contributed by atoms with Crippen molar-refractivity contribution in [2.75, 3.05) is 0 Å². The number of hydrogen-bond donors (Lipinski definition) is 10. The molecule has 130 heavy (non-hydrogen) atoms. The fraction of sp³-hybridized carbons (Fsp3) is 0.145. The summed E-state index contributed by atoms with van der Waals surface area (Å²) < 4.78 is 0. The van der Waals surface area contributed by atoms with E-state index in [1.54, 1.807) is 146 Å². The summed E-state index contributed by atoms with van der Waals surface area (Å²) in [5.74, 6) is -1.71. The second-order valence-corrected chi connectivity index (χ2v) is 28.6. The maximum absolute atomic E-state index is 11.0. The molecule has 20 nitrogen and oxygen atoms in total. The molecular weight excluding hydrogens is 1640 g/mol. The van der Waals surface area contributed by atoms with Crippen LogP contribution in [0.4, 0.5) is 0 Å². The molecule has 0 bridgehead atoms. The van der Waals surface area contributed by atoms with E-state index >= 15 is 0 Å². The fourth-order valence-electron chi connectivity index (χ4n) is 10.4. The Kier molecular flexibility index (Phi) is 49.5. The summed E-state index contributed by atoms with van der Waals surface area (Å²) in [6.07, 6.45) is 34.1. The van der Waals surface area contributed by atoms with Crippen LogP contribution >= 0.6 is 0 Å². The Morgan fingerprint density at radius 3 is 1.10 bits per heavy atom. The molecule has 0 aliphatic heterocycles. The average Bonchev–Trinajstić information content (AvgIpc) is 1.61. The Bertz CT molecular complexity index is 6230. The summed E-state index contributed by atoms with van der Waals surface area (Å²) in [4.78, 5) is 110. The van der Waals surface area contributed by atoms with Gasteiger partial charge < -0.3 is 51.1 Å². The van der Waals surface area contributed by atoms with E-state index in [2.05, 4.69) is 51.1 Å². The highest BCUT2D eigenvalue weighted by Crippen LogP contribution is 2.30.